The smallest absolute Gasteiger partial charge is 0.234 e. The van der Waals surface area contributed by atoms with Gasteiger partial charge in [0.25, 0.3) is 0 Å². The van der Waals surface area contributed by atoms with Gasteiger partial charge in [-0.3, -0.25) is 0 Å². The molecule has 0 heterocycles. The lowest BCUT2D eigenvalue weighted by molar-refractivity contribution is 0.415. The summed E-state index contributed by atoms with van der Waals surface area (Å²) in [6, 6.07) is 14.8. The standard InChI is InChI=1S/C19H19NO3S/c1-16-5-7-18(8-6-16)13-15-24(21,22)20-14-3-4-17-9-11-19(23-2)12-10-17/h5-13,15,20H,14H2,1-2H3/b15-13+. The molecule has 0 fully saturated rings. The Labute approximate surface area is 143 Å². The lowest BCUT2D eigenvalue weighted by atomic mass is 10.2. The molecule has 0 bridgehead atoms. The molecule has 0 atom stereocenters. The maximum Gasteiger partial charge on any atom is 0.234 e. The van der Waals surface area contributed by atoms with E-state index in [4.69, 9.17) is 4.74 Å². The van der Waals surface area contributed by atoms with Crippen LogP contribution in [0.25, 0.3) is 6.08 Å². The summed E-state index contributed by atoms with van der Waals surface area (Å²) in [5.41, 5.74) is 2.75. The molecule has 24 heavy (non-hydrogen) atoms. The molecule has 2 rings (SSSR count). The van der Waals surface area contributed by atoms with Gasteiger partial charge in [-0.05, 0) is 42.8 Å². The van der Waals surface area contributed by atoms with Gasteiger partial charge in [0.05, 0.1) is 13.7 Å². The third-order valence-corrected chi connectivity index (χ3v) is 4.24. The number of sulfonamides is 1. The zero-order chi connectivity index (χ0) is 17.4. The topological polar surface area (TPSA) is 55.4 Å². The Morgan fingerprint density at radius 2 is 1.75 bits per heavy atom. The fraction of sp³-hybridized carbons (Fsp3) is 0.158. The molecule has 0 aliphatic carbocycles. The number of benzene rings is 2. The lowest BCUT2D eigenvalue weighted by Crippen LogP contribution is -2.21. The number of nitrogens with one attached hydrogen (secondary N) is 1. The van der Waals surface area contributed by atoms with Crippen LogP contribution < -0.4 is 9.46 Å². The van der Waals surface area contributed by atoms with Gasteiger partial charge in [-0.25, -0.2) is 8.42 Å². The van der Waals surface area contributed by atoms with E-state index in [1.54, 1.807) is 25.3 Å². The van der Waals surface area contributed by atoms with Crippen LogP contribution in [0, 0.1) is 18.8 Å². The van der Waals surface area contributed by atoms with Crippen molar-refractivity contribution in [2.75, 3.05) is 13.7 Å². The maximum atomic E-state index is 11.9. The largest absolute Gasteiger partial charge is 0.497 e. The maximum absolute atomic E-state index is 11.9. The van der Waals surface area contributed by atoms with Crippen LogP contribution in [0.5, 0.6) is 5.75 Å². The molecule has 0 unspecified atom stereocenters. The fourth-order valence-electron chi connectivity index (χ4n) is 1.85. The van der Waals surface area contributed by atoms with Gasteiger partial charge >= 0.3 is 0 Å². The summed E-state index contributed by atoms with van der Waals surface area (Å²) in [7, 11) is -1.91. The molecule has 0 saturated heterocycles. The average molecular weight is 341 g/mol. The predicted molar refractivity (Wildman–Crippen MR) is 97.0 cm³/mol. The predicted octanol–water partition coefficient (Wildman–Crippen LogP) is 2.95. The van der Waals surface area contributed by atoms with Crippen LogP contribution in [-0.4, -0.2) is 22.1 Å². The molecule has 0 aliphatic rings. The Balaban J connectivity index is 1.90. The zero-order valence-corrected chi connectivity index (χ0v) is 14.4. The minimum absolute atomic E-state index is 0.0482. The molecule has 4 nitrogen and oxygen atoms in total. The van der Waals surface area contributed by atoms with Crippen molar-refractivity contribution >= 4 is 16.1 Å². The van der Waals surface area contributed by atoms with Crippen LogP contribution in [0.15, 0.2) is 53.9 Å². The summed E-state index contributed by atoms with van der Waals surface area (Å²) in [5, 5.41) is 1.15. The van der Waals surface area contributed by atoms with Crippen LogP contribution in [0.1, 0.15) is 16.7 Å². The number of hydrogen-bond donors (Lipinski definition) is 1. The number of hydrogen-bond acceptors (Lipinski definition) is 3. The first kappa shape index (κ1) is 17.8. The van der Waals surface area contributed by atoms with Crippen molar-refractivity contribution in [3.05, 3.63) is 70.6 Å². The Hall–Kier alpha value is -2.55. The second kappa shape index (κ2) is 8.34. The second-order valence-electron chi connectivity index (χ2n) is 5.11. The van der Waals surface area contributed by atoms with Gasteiger partial charge in [0.15, 0.2) is 0 Å². The zero-order valence-electron chi connectivity index (χ0n) is 13.6. The second-order valence-corrected chi connectivity index (χ2v) is 6.76. The van der Waals surface area contributed by atoms with E-state index in [2.05, 4.69) is 16.6 Å². The van der Waals surface area contributed by atoms with E-state index >= 15 is 0 Å². The molecule has 0 amide bonds. The molecule has 0 aliphatic heterocycles. The molecule has 2 aromatic rings. The first-order valence-corrected chi connectivity index (χ1v) is 8.90. The van der Waals surface area contributed by atoms with Gasteiger partial charge in [-0.2, -0.15) is 4.72 Å². The number of methoxy groups -OCH3 is 1. The molecule has 124 valence electrons. The van der Waals surface area contributed by atoms with Gasteiger partial charge in [-0.15, -0.1) is 0 Å². The molecular weight excluding hydrogens is 322 g/mol. The summed E-state index contributed by atoms with van der Waals surface area (Å²) in [6.45, 7) is 2.03. The van der Waals surface area contributed by atoms with Crippen molar-refractivity contribution < 1.29 is 13.2 Å². The minimum atomic E-state index is -3.51. The lowest BCUT2D eigenvalue weighted by Gasteiger charge is -1.99. The van der Waals surface area contributed by atoms with Gasteiger partial charge in [0.1, 0.15) is 5.75 Å². The van der Waals surface area contributed by atoms with E-state index in [9.17, 15) is 8.42 Å². The molecule has 1 N–H and O–H groups in total. The summed E-state index contributed by atoms with van der Waals surface area (Å²) in [5.74, 6) is 6.43. The van der Waals surface area contributed by atoms with Crippen molar-refractivity contribution in [3.63, 3.8) is 0 Å². The normalized spacial score (nSPS) is 11.1. The van der Waals surface area contributed by atoms with E-state index in [0.717, 1.165) is 27.8 Å². The Kier molecular flexibility index (Phi) is 6.19. The molecule has 0 saturated carbocycles. The molecule has 5 heteroatoms. The van der Waals surface area contributed by atoms with Crippen molar-refractivity contribution in [3.8, 4) is 17.6 Å². The Bertz CT molecular complexity index is 856. The van der Waals surface area contributed by atoms with Crippen molar-refractivity contribution in [2.24, 2.45) is 0 Å². The van der Waals surface area contributed by atoms with Gasteiger partial charge in [0, 0.05) is 11.0 Å². The van der Waals surface area contributed by atoms with Crippen molar-refractivity contribution in [2.45, 2.75) is 6.92 Å². The number of ether oxygens (including phenoxy) is 1. The number of rotatable bonds is 5. The third kappa shape index (κ3) is 5.92. The summed E-state index contributed by atoms with van der Waals surface area (Å²) in [4.78, 5) is 0. The quantitative estimate of drug-likeness (QED) is 0.851. The SMILES string of the molecule is COc1ccc(C#CCNS(=O)(=O)/C=C/c2ccc(C)cc2)cc1. The highest BCUT2D eigenvalue weighted by atomic mass is 32.2. The van der Waals surface area contributed by atoms with E-state index in [0.29, 0.717) is 0 Å². The van der Waals surface area contributed by atoms with Gasteiger partial charge < -0.3 is 4.74 Å². The molecule has 0 spiro atoms. The van der Waals surface area contributed by atoms with Gasteiger partial charge in [0.2, 0.25) is 10.0 Å². The highest BCUT2D eigenvalue weighted by Gasteiger charge is 2.02. The Morgan fingerprint density at radius 1 is 1.08 bits per heavy atom. The highest BCUT2D eigenvalue weighted by Crippen LogP contribution is 2.10. The van der Waals surface area contributed by atoms with Crippen molar-refractivity contribution in [1.29, 1.82) is 0 Å². The van der Waals surface area contributed by atoms with E-state index in [1.165, 1.54) is 0 Å². The third-order valence-electron chi connectivity index (χ3n) is 3.20. The Morgan fingerprint density at radius 3 is 2.38 bits per heavy atom. The van der Waals surface area contributed by atoms with Crippen molar-refractivity contribution in [1.82, 2.24) is 4.72 Å². The highest BCUT2D eigenvalue weighted by molar-refractivity contribution is 7.92. The van der Waals surface area contributed by atoms with Crippen LogP contribution in [0.2, 0.25) is 0 Å². The van der Waals surface area contributed by atoms with Crippen LogP contribution in [-0.2, 0) is 10.0 Å². The minimum Gasteiger partial charge on any atom is -0.497 e. The summed E-state index contributed by atoms with van der Waals surface area (Å²) in [6.07, 6.45) is 1.55. The first-order chi connectivity index (χ1) is 11.5. The molecular formula is C19H19NO3S. The summed E-state index contributed by atoms with van der Waals surface area (Å²) >= 11 is 0. The molecule has 0 aromatic heterocycles. The van der Waals surface area contributed by atoms with Crippen LogP contribution in [0.4, 0.5) is 0 Å². The summed E-state index contributed by atoms with van der Waals surface area (Å²) < 4.78 is 31.2. The van der Waals surface area contributed by atoms with Gasteiger partial charge in [-0.1, -0.05) is 41.7 Å². The van der Waals surface area contributed by atoms with Crippen LogP contribution in [0.3, 0.4) is 0 Å². The average Bonchev–Trinajstić information content (AvgIpc) is 2.59. The van der Waals surface area contributed by atoms with Crippen LogP contribution >= 0.6 is 0 Å². The first-order valence-electron chi connectivity index (χ1n) is 7.36. The van der Waals surface area contributed by atoms with E-state index in [1.807, 2.05) is 43.3 Å². The molecule has 2 aromatic carbocycles. The fourth-order valence-corrected chi connectivity index (χ4v) is 2.56. The number of aryl methyl sites for hydroxylation is 1. The van der Waals surface area contributed by atoms with E-state index < -0.39 is 10.0 Å². The molecule has 0 radical (unpaired) electrons. The van der Waals surface area contributed by atoms with E-state index in [-0.39, 0.29) is 6.54 Å². The monoisotopic (exact) mass is 341 g/mol.